The molecule has 0 aromatic heterocycles. The highest BCUT2D eigenvalue weighted by Gasteiger charge is 2.34. The third-order valence-electron chi connectivity index (χ3n) is 5.34. The zero-order valence-electron chi connectivity index (χ0n) is 18.1. The number of likely N-dealkylation sites (tertiary alicyclic amines) is 1. The molecule has 1 saturated heterocycles. The number of nitrogens with zero attached hydrogens (tertiary/aromatic N) is 1. The van der Waals surface area contributed by atoms with Crippen molar-refractivity contribution < 1.29 is 19.1 Å². The second-order valence-electron chi connectivity index (χ2n) is 8.12. The van der Waals surface area contributed by atoms with Crippen LogP contribution in [-0.2, 0) is 20.9 Å². The molecule has 1 aliphatic heterocycles. The molecule has 0 radical (unpaired) electrons. The SMILES string of the molecule is CC(Oc1ccc(C(C)C)cc1)C(=O)NNC(=O)C1CC(=O)N(Cc2ccccc2)C1. The summed E-state index contributed by atoms with van der Waals surface area (Å²) in [6.07, 6.45) is -0.659. The van der Waals surface area contributed by atoms with Crippen LogP contribution in [0.4, 0.5) is 0 Å². The summed E-state index contributed by atoms with van der Waals surface area (Å²) >= 11 is 0. The van der Waals surface area contributed by atoms with E-state index in [1.165, 1.54) is 5.56 Å². The average Bonchev–Trinajstić information content (AvgIpc) is 3.13. The molecule has 2 atom stereocenters. The zero-order valence-corrected chi connectivity index (χ0v) is 18.1. The first-order valence-corrected chi connectivity index (χ1v) is 10.5. The van der Waals surface area contributed by atoms with Gasteiger partial charge in [-0.15, -0.1) is 0 Å². The van der Waals surface area contributed by atoms with Gasteiger partial charge in [-0.1, -0.05) is 56.3 Å². The fraction of sp³-hybridized carbons (Fsp3) is 0.375. The summed E-state index contributed by atoms with van der Waals surface area (Å²) < 4.78 is 5.64. The topological polar surface area (TPSA) is 87.7 Å². The van der Waals surface area contributed by atoms with Crippen molar-refractivity contribution in [3.05, 3.63) is 65.7 Å². The lowest BCUT2D eigenvalue weighted by atomic mass is 10.0. The molecular formula is C24H29N3O4. The number of carbonyl (C=O) groups excluding carboxylic acids is 3. The third-order valence-corrected chi connectivity index (χ3v) is 5.34. The molecule has 2 aromatic rings. The first kappa shape index (κ1) is 22.3. The molecule has 164 valence electrons. The fourth-order valence-corrected chi connectivity index (χ4v) is 3.42. The summed E-state index contributed by atoms with van der Waals surface area (Å²) in [5, 5.41) is 0. The molecule has 2 N–H and O–H groups in total. The van der Waals surface area contributed by atoms with Crippen LogP contribution in [-0.4, -0.2) is 35.3 Å². The Bertz CT molecular complexity index is 912. The summed E-state index contributed by atoms with van der Waals surface area (Å²) in [6, 6.07) is 17.2. The van der Waals surface area contributed by atoms with E-state index in [4.69, 9.17) is 4.74 Å². The van der Waals surface area contributed by atoms with Crippen molar-refractivity contribution in [2.24, 2.45) is 5.92 Å². The van der Waals surface area contributed by atoms with E-state index in [-0.39, 0.29) is 18.2 Å². The lowest BCUT2D eigenvalue weighted by Gasteiger charge is -2.18. The standard InChI is InChI=1S/C24H29N3O4/c1-16(2)19-9-11-21(12-10-19)31-17(3)23(29)25-26-24(30)20-13-22(28)27(15-20)14-18-7-5-4-6-8-18/h4-12,16-17,20H,13-15H2,1-3H3,(H,25,29)(H,26,30). The van der Waals surface area contributed by atoms with Crippen molar-refractivity contribution in [2.45, 2.75) is 45.8 Å². The van der Waals surface area contributed by atoms with Gasteiger partial charge in [0.1, 0.15) is 5.75 Å². The smallest absolute Gasteiger partial charge is 0.279 e. The first-order chi connectivity index (χ1) is 14.8. The van der Waals surface area contributed by atoms with Gasteiger partial charge >= 0.3 is 0 Å². The maximum absolute atomic E-state index is 12.4. The van der Waals surface area contributed by atoms with Crippen LogP contribution < -0.4 is 15.6 Å². The van der Waals surface area contributed by atoms with Gasteiger partial charge in [0.15, 0.2) is 6.10 Å². The number of rotatable bonds is 7. The molecule has 0 aliphatic carbocycles. The molecule has 3 amide bonds. The van der Waals surface area contributed by atoms with Crippen LogP contribution >= 0.6 is 0 Å². The Labute approximate surface area is 182 Å². The van der Waals surface area contributed by atoms with Crippen molar-refractivity contribution in [2.75, 3.05) is 6.54 Å². The first-order valence-electron chi connectivity index (χ1n) is 10.5. The number of nitrogens with one attached hydrogen (secondary N) is 2. The summed E-state index contributed by atoms with van der Waals surface area (Å²) in [5.74, 6) is -0.432. The van der Waals surface area contributed by atoms with Crippen molar-refractivity contribution in [3.63, 3.8) is 0 Å². The van der Waals surface area contributed by atoms with E-state index in [1.54, 1.807) is 11.8 Å². The van der Waals surface area contributed by atoms with Crippen molar-refractivity contribution in [1.82, 2.24) is 15.8 Å². The van der Waals surface area contributed by atoms with E-state index >= 15 is 0 Å². The number of hydrazine groups is 1. The predicted molar refractivity (Wildman–Crippen MR) is 117 cm³/mol. The van der Waals surface area contributed by atoms with Crippen LogP contribution in [0.1, 0.15) is 44.2 Å². The van der Waals surface area contributed by atoms with Gasteiger partial charge in [0.05, 0.1) is 5.92 Å². The van der Waals surface area contributed by atoms with Crippen LogP contribution in [0.25, 0.3) is 0 Å². The Morgan fingerprint density at radius 3 is 2.35 bits per heavy atom. The van der Waals surface area contributed by atoms with Crippen LogP contribution in [0.5, 0.6) is 5.75 Å². The van der Waals surface area contributed by atoms with E-state index in [0.717, 1.165) is 5.56 Å². The monoisotopic (exact) mass is 423 g/mol. The van der Waals surface area contributed by atoms with Crippen molar-refractivity contribution >= 4 is 17.7 Å². The van der Waals surface area contributed by atoms with Crippen LogP contribution in [0.2, 0.25) is 0 Å². The normalized spacial score (nSPS) is 16.8. The van der Waals surface area contributed by atoms with Gasteiger partial charge in [0, 0.05) is 19.5 Å². The second-order valence-corrected chi connectivity index (χ2v) is 8.12. The maximum Gasteiger partial charge on any atom is 0.279 e. The van der Waals surface area contributed by atoms with Gasteiger partial charge in [-0.3, -0.25) is 25.2 Å². The van der Waals surface area contributed by atoms with E-state index in [1.807, 2.05) is 54.6 Å². The molecule has 1 fully saturated rings. The van der Waals surface area contributed by atoms with Gasteiger partial charge in [-0.2, -0.15) is 0 Å². The molecule has 0 saturated carbocycles. The minimum Gasteiger partial charge on any atom is -0.481 e. The summed E-state index contributed by atoms with van der Waals surface area (Å²) in [4.78, 5) is 38.6. The predicted octanol–water partition coefficient (Wildman–Crippen LogP) is 2.77. The van der Waals surface area contributed by atoms with Gasteiger partial charge < -0.3 is 9.64 Å². The quantitative estimate of drug-likeness (QED) is 0.671. The number of benzene rings is 2. The number of amides is 3. The summed E-state index contributed by atoms with van der Waals surface area (Å²) in [7, 11) is 0. The van der Waals surface area contributed by atoms with E-state index in [9.17, 15) is 14.4 Å². The molecular weight excluding hydrogens is 394 g/mol. The zero-order chi connectivity index (χ0) is 22.4. The molecule has 3 rings (SSSR count). The lowest BCUT2D eigenvalue weighted by Crippen LogP contribution is -2.49. The minimum atomic E-state index is -0.787. The number of ether oxygens (including phenoxy) is 1. The van der Waals surface area contributed by atoms with E-state index < -0.39 is 17.9 Å². The number of hydrogen-bond donors (Lipinski definition) is 2. The highest BCUT2D eigenvalue weighted by Crippen LogP contribution is 2.21. The van der Waals surface area contributed by atoms with Crippen LogP contribution in [0, 0.1) is 5.92 Å². The molecule has 31 heavy (non-hydrogen) atoms. The molecule has 1 heterocycles. The molecule has 7 heteroatoms. The van der Waals surface area contributed by atoms with E-state index in [0.29, 0.717) is 24.8 Å². The minimum absolute atomic E-state index is 0.0723. The van der Waals surface area contributed by atoms with Crippen LogP contribution in [0.3, 0.4) is 0 Å². The van der Waals surface area contributed by atoms with E-state index in [2.05, 4.69) is 24.7 Å². The Balaban J connectivity index is 1.45. The van der Waals surface area contributed by atoms with Crippen molar-refractivity contribution in [1.29, 1.82) is 0 Å². The Hall–Kier alpha value is -3.35. The molecule has 0 spiro atoms. The number of carbonyl (C=O) groups is 3. The third kappa shape index (κ3) is 6.07. The molecule has 1 aliphatic rings. The maximum atomic E-state index is 12.4. The Morgan fingerprint density at radius 2 is 1.71 bits per heavy atom. The molecule has 2 aromatic carbocycles. The Kier molecular flexibility index (Phi) is 7.28. The molecule has 7 nitrogen and oxygen atoms in total. The second kappa shape index (κ2) is 10.1. The van der Waals surface area contributed by atoms with Gasteiger partial charge in [0.25, 0.3) is 5.91 Å². The number of hydrogen-bond acceptors (Lipinski definition) is 4. The van der Waals surface area contributed by atoms with Crippen molar-refractivity contribution in [3.8, 4) is 5.75 Å². The lowest BCUT2D eigenvalue weighted by molar-refractivity contribution is -0.134. The summed E-state index contributed by atoms with van der Waals surface area (Å²) in [6.45, 7) is 6.61. The highest BCUT2D eigenvalue weighted by molar-refractivity contribution is 5.90. The summed E-state index contributed by atoms with van der Waals surface area (Å²) in [5.41, 5.74) is 7.01. The fourth-order valence-electron chi connectivity index (χ4n) is 3.42. The van der Waals surface area contributed by atoms with Gasteiger partial charge in [-0.05, 0) is 36.1 Å². The highest BCUT2D eigenvalue weighted by atomic mass is 16.5. The Morgan fingerprint density at radius 1 is 1.03 bits per heavy atom. The van der Waals surface area contributed by atoms with Gasteiger partial charge in [0.2, 0.25) is 11.8 Å². The molecule has 2 unspecified atom stereocenters. The molecule has 0 bridgehead atoms. The van der Waals surface area contributed by atoms with Gasteiger partial charge in [-0.25, -0.2) is 0 Å². The average molecular weight is 424 g/mol. The van der Waals surface area contributed by atoms with Crippen LogP contribution in [0.15, 0.2) is 54.6 Å². The largest absolute Gasteiger partial charge is 0.481 e.